The van der Waals surface area contributed by atoms with Crippen LogP contribution < -0.4 is 20.1 Å². The van der Waals surface area contributed by atoms with Gasteiger partial charge in [-0.1, -0.05) is 12.1 Å². The third-order valence-electron chi connectivity index (χ3n) is 3.80. The van der Waals surface area contributed by atoms with Crippen LogP contribution in [0.25, 0.3) is 0 Å². The van der Waals surface area contributed by atoms with E-state index in [2.05, 4.69) is 20.6 Å². The number of nitrogens with zero attached hydrogens (tertiary/aromatic N) is 2. The summed E-state index contributed by atoms with van der Waals surface area (Å²) in [5.74, 6) is 0.907. The first kappa shape index (κ1) is 24.8. The third-order valence-corrected chi connectivity index (χ3v) is 3.80. The molecule has 29 heavy (non-hydrogen) atoms. The molecular formula is C19H24F3IN4O2. The first-order valence-electron chi connectivity index (χ1n) is 8.66. The van der Waals surface area contributed by atoms with Gasteiger partial charge in [0.1, 0.15) is 17.9 Å². The topological polar surface area (TPSA) is 67.8 Å². The van der Waals surface area contributed by atoms with E-state index >= 15 is 0 Å². The van der Waals surface area contributed by atoms with E-state index in [1.54, 1.807) is 14.2 Å². The molecular weight excluding hydrogens is 500 g/mol. The maximum Gasteiger partial charge on any atom is 0.421 e. The maximum absolute atomic E-state index is 12.9. The normalized spacial score (nSPS) is 11.4. The maximum atomic E-state index is 12.9. The predicted octanol–water partition coefficient (Wildman–Crippen LogP) is 3.51. The van der Waals surface area contributed by atoms with Crippen LogP contribution in [0.4, 0.5) is 13.2 Å². The second-order valence-corrected chi connectivity index (χ2v) is 5.73. The number of benzene rings is 1. The molecule has 160 valence electrons. The standard InChI is InChI=1S/C19H23F3N4O2.HI/c1-23-18(25-11-9-14-5-7-15(27-2)8-6-14)26-12-13-28-17-16(19(20,21)22)4-3-10-24-17;/h3-8,10H,9,11-13H2,1-2H3,(H2,23,25,26);1H. The van der Waals surface area contributed by atoms with E-state index in [0.29, 0.717) is 12.5 Å². The van der Waals surface area contributed by atoms with E-state index in [1.807, 2.05) is 24.3 Å². The molecule has 1 aromatic heterocycles. The fraction of sp³-hybridized carbons (Fsp3) is 0.368. The van der Waals surface area contributed by atoms with Crippen LogP contribution in [0.5, 0.6) is 11.6 Å². The number of nitrogens with one attached hydrogen (secondary N) is 2. The van der Waals surface area contributed by atoms with Crippen LogP contribution in [0, 0.1) is 0 Å². The van der Waals surface area contributed by atoms with Gasteiger partial charge in [0.05, 0.1) is 13.7 Å². The molecule has 0 aliphatic carbocycles. The summed E-state index contributed by atoms with van der Waals surface area (Å²) in [4.78, 5) is 7.72. The average molecular weight is 524 g/mol. The molecule has 2 rings (SSSR count). The monoisotopic (exact) mass is 524 g/mol. The van der Waals surface area contributed by atoms with Gasteiger partial charge >= 0.3 is 6.18 Å². The second-order valence-electron chi connectivity index (χ2n) is 5.73. The van der Waals surface area contributed by atoms with Crippen molar-refractivity contribution < 1.29 is 22.6 Å². The van der Waals surface area contributed by atoms with Crippen LogP contribution in [0.1, 0.15) is 11.1 Å². The number of halogens is 4. The number of guanidine groups is 1. The number of rotatable bonds is 8. The molecule has 0 aliphatic heterocycles. The number of alkyl halides is 3. The van der Waals surface area contributed by atoms with Gasteiger partial charge in [0.15, 0.2) is 5.96 Å². The third kappa shape index (κ3) is 8.34. The smallest absolute Gasteiger partial charge is 0.421 e. The van der Waals surface area contributed by atoms with Crippen LogP contribution in [-0.2, 0) is 12.6 Å². The summed E-state index contributed by atoms with van der Waals surface area (Å²) in [5, 5.41) is 6.12. The first-order chi connectivity index (χ1) is 13.4. The minimum Gasteiger partial charge on any atom is -0.497 e. The van der Waals surface area contributed by atoms with Crippen LogP contribution in [0.2, 0.25) is 0 Å². The Hall–Kier alpha value is -2.24. The molecule has 0 unspecified atom stereocenters. The highest BCUT2D eigenvalue weighted by molar-refractivity contribution is 14.0. The lowest BCUT2D eigenvalue weighted by molar-refractivity contribution is -0.139. The van der Waals surface area contributed by atoms with Crippen molar-refractivity contribution in [2.45, 2.75) is 12.6 Å². The molecule has 0 saturated heterocycles. The van der Waals surface area contributed by atoms with Gasteiger partial charge in [-0.05, 0) is 36.2 Å². The van der Waals surface area contributed by atoms with Gasteiger partial charge in [-0.25, -0.2) is 4.98 Å². The van der Waals surface area contributed by atoms with Crippen LogP contribution >= 0.6 is 24.0 Å². The predicted molar refractivity (Wildman–Crippen MR) is 116 cm³/mol. The van der Waals surface area contributed by atoms with Gasteiger partial charge in [0.25, 0.3) is 0 Å². The van der Waals surface area contributed by atoms with Gasteiger partial charge in [-0.2, -0.15) is 13.2 Å². The lowest BCUT2D eigenvalue weighted by Crippen LogP contribution is -2.40. The molecule has 6 nitrogen and oxygen atoms in total. The van der Waals surface area contributed by atoms with Crippen LogP contribution in [0.3, 0.4) is 0 Å². The Bertz CT molecular complexity index is 771. The Morgan fingerprint density at radius 2 is 1.79 bits per heavy atom. The lowest BCUT2D eigenvalue weighted by atomic mass is 10.1. The molecule has 0 atom stereocenters. The Balaban J connectivity index is 0.00000420. The van der Waals surface area contributed by atoms with E-state index in [0.717, 1.165) is 23.8 Å². The number of hydrogen-bond donors (Lipinski definition) is 2. The van der Waals surface area contributed by atoms with E-state index in [9.17, 15) is 13.2 Å². The van der Waals surface area contributed by atoms with Crippen LogP contribution in [-0.4, -0.2) is 44.8 Å². The number of aromatic nitrogens is 1. The Morgan fingerprint density at radius 3 is 2.41 bits per heavy atom. The average Bonchev–Trinajstić information content (AvgIpc) is 2.69. The fourth-order valence-corrected chi connectivity index (χ4v) is 2.38. The minimum atomic E-state index is -4.50. The van der Waals surface area contributed by atoms with Crippen molar-refractivity contribution in [3.05, 3.63) is 53.7 Å². The molecule has 0 spiro atoms. The van der Waals surface area contributed by atoms with E-state index in [-0.39, 0.29) is 37.1 Å². The zero-order chi connectivity index (χ0) is 20.4. The van der Waals surface area contributed by atoms with Gasteiger partial charge in [-0.3, -0.25) is 4.99 Å². The molecule has 1 aromatic carbocycles. The first-order valence-corrected chi connectivity index (χ1v) is 8.66. The van der Waals surface area contributed by atoms with Gasteiger partial charge < -0.3 is 20.1 Å². The van der Waals surface area contributed by atoms with Crippen molar-refractivity contribution in [1.29, 1.82) is 0 Å². The summed E-state index contributed by atoms with van der Waals surface area (Å²) in [5.41, 5.74) is 0.249. The summed E-state index contributed by atoms with van der Waals surface area (Å²) in [7, 11) is 3.23. The highest BCUT2D eigenvalue weighted by Crippen LogP contribution is 2.34. The number of pyridine rings is 1. The zero-order valence-electron chi connectivity index (χ0n) is 16.1. The van der Waals surface area contributed by atoms with Crippen molar-refractivity contribution in [3.63, 3.8) is 0 Å². The summed E-state index contributed by atoms with van der Waals surface area (Å²) in [6.07, 6.45) is -2.46. The van der Waals surface area contributed by atoms with Crippen molar-refractivity contribution in [3.8, 4) is 11.6 Å². The summed E-state index contributed by atoms with van der Waals surface area (Å²) < 4.78 is 49.0. The van der Waals surface area contributed by atoms with E-state index < -0.39 is 17.6 Å². The molecule has 0 amide bonds. The summed E-state index contributed by atoms with van der Waals surface area (Å²) in [6, 6.07) is 9.92. The lowest BCUT2D eigenvalue weighted by Gasteiger charge is -2.14. The zero-order valence-corrected chi connectivity index (χ0v) is 18.5. The largest absolute Gasteiger partial charge is 0.497 e. The summed E-state index contributed by atoms with van der Waals surface area (Å²) >= 11 is 0. The van der Waals surface area contributed by atoms with Gasteiger partial charge in [0, 0.05) is 19.8 Å². The molecule has 0 saturated carbocycles. The fourth-order valence-electron chi connectivity index (χ4n) is 2.38. The Labute approximate surface area is 184 Å². The van der Waals surface area contributed by atoms with E-state index in [1.165, 1.54) is 12.3 Å². The number of methoxy groups -OCH3 is 1. The number of aliphatic imine (C=N–C) groups is 1. The SMILES string of the molecule is CN=C(NCCOc1ncccc1C(F)(F)F)NCCc1ccc(OC)cc1.I. The van der Waals surface area contributed by atoms with Crippen LogP contribution in [0.15, 0.2) is 47.6 Å². The van der Waals surface area contributed by atoms with Crippen molar-refractivity contribution in [2.75, 3.05) is 33.9 Å². The number of hydrogen-bond acceptors (Lipinski definition) is 4. The Kier molecular flexibility index (Phi) is 10.6. The van der Waals surface area contributed by atoms with Gasteiger partial charge in [-0.15, -0.1) is 24.0 Å². The van der Waals surface area contributed by atoms with Gasteiger partial charge in [0.2, 0.25) is 5.88 Å². The quantitative estimate of drug-likeness (QED) is 0.240. The summed E-state index contributed by atoms with van der Waals surface area (Å²) in [6.45, 7) is 0.931. The highest BCUT2D eigenvalue weighted by Gasteiger charge is 2.34. The molecule has 0 fully saturated rings. The Morgan fingerprint density at radius 1 is 1.10 bits per heavy atom. The van der Waals surface area contributed by atoms with E-state index in [4.69, 9.17) is 9.47 Å². The molecule has 1 heterocycles. The van der Waals surface area contributed by atoms with Crippen molar-refractivity contribution in [1.82, 2.24) is 15.6 Å². The second kappa shape index (κ2) is 12.3. The molecule has 2 aromatic rings. The molecule has 0 bridgehead atoms. The highest BCUT2D eigenvalue weighted by atomic mass is 127. The molecule has 0 aliphatic rings. The van der Waals surface area contributed by atoms with Crippen molar-refractivity contribution >= 4 is 29.9 Å². The molecule has 0 radical (unpaired) electrons. The molecule has 10 heteroatoms. The molecule has 2 N–H and O–H groups in total. The van der Waals surface area contributed by atoms with Crippen molar-refractivity contribution in [2.24, 2.45) is 4.99 Å². The number of ether oxygens (including phenoxy) is 2. The minimum absolute atomic E-state index is 0.